The summed E-state index contributed by atoms with van der Waals surface area (Å²) in [4.78, 5) is 9.87. The average molecular weight is 456 g/mol. The van der Waals surface area contributed by atoms with Gasteiger partial charge in [-0.05, 0) is 42.3 Å². The lowest BCUT2D eigenvalue weighted by Gasteiger charge is -2.11. The minimum Gasteiger partial charge on any atom is -0.493 e. The summed E-state index contributed by atoms with van der Waals surface area (Å²) in [5.74, 6) is 2.16. The number of anilines is 2. The summed E-state index contributed by atoms with van der Waals surface area (Å²) in [6.45, 7) is 2.06. The lowest BCUT2D eigenvalue weighted by atomic mass is 10.1. The molecule has 2 heterocycles. The Kier molecular flexibility index (Phi) is 5.19. The van der Waals surface area contributed by atoms with Crippen molar-refractivity contribution in [3.8, 4) is 22.6 Å². The smallest absolute Gasteiger partial charge is 0.161 e. The van der Waals surface area contributed by atoms with Gasteiger partial charge in [0.1, 0.15) is 17.0 Å². The van der Waals surface area contributed by atoms with Crippen LogP contribution in [0.2, 0.25) is 0 Å². The standard InChI is InChI=1S/C21H18BrN3O2S/c1-12-4-6-14(9-16(12)22)25-20-19-15(10-28-21(19)24-11-23-20)13-5-7-17(26-2)18(8-13)27-3/h4-11H,1-3H3,(H,23,24,25). The molecule has 28 heavy (non-hydrogen) atoms. The van der Waals surface area contributed by atoms with Gasteiger partial charge in [0.15, 0.2) is 11.5 Å². The van der Waals surface area contributed by atoms with Gasteiger partial charge in [0.05, 0.1) is 19.6 Å². The van der Waals surface area contributed by atoms with Crippen molar-refractivity contribution in [1.82, 2.24) is 9.97 Å². The van der Waals surface area contributed by atoms with Crippen molar-refractivity contribution in [1.29, 1.82) is 0 Å². The molecule has 0 bridgehead atoms. The van der Waals surface area contributed by atoms with Crippen molar-refractivity contribution in [2.75, 3.05) is 19.5 Å². The zero-order valence-electron chi connectivity index (χ0n) is 15.6. The second-order valence-electron chi connectivity index (χ2n) is 6.21. The van der Waals surface area contributed by atoms with Crippen LogP contribution >= 0.6 is 27.3 Å². The Bertz CT molecular complexity index is 1160. The maximum absolute atomic E-state index is 5.46. The Morgan fingerprint density at radius 1 is 1.00 bits per heavy atom. The molecule has 2 aromatic carbocycles. The van der Waals surface area contributed by atoms with Crippen molar-refractivity contribution in [3.63, 3.8) is 0 Å². The van der Waals surface area contributed by atoms with Crippen LogP contribution in [0.4, 0.5) is 11.5 Å². The van der Waals surface area contributed by atoms with Crippen LogP contribution in [-0.2, 0) is 0 Å². The molecule has 0 saturated carbocycles. The summed E-state index contributed by atoms with van der Waals surface area (Å²) in [7, 11) is 3.27. The van der Waals surface area contributed by atoms with Crippen molar-refractivity contribution >= 4 is 49.0 Å². The van der Waals surface area contributed by atoms with E-state index in [4.69, 9.17) is 9.47 Å². The predicted molar refractivity (Wildman–Crippen MR) is 118 cm³/mol. The van der Waals surface area contributed by atoms with Crippen molar-refractivity contribution < 1.29 is 9.47 Å². The minimum atomic E-state index is 0.688. The molecule has 5 nitrogen and oxygen atoms in total. The molecule has 0 spiro atoms. The van der Waals surface area contributed by atoms with Gasteiger partial charge in [0.25, 0.3) is 0 Å². The van der Waals surface area contributed by atoms with Crippen LogP contribution in [0.25, 0.3) is 21.3 Å². The normalized spacial score (nSPS) is 10.9. The number of methoxy groups -OCH3 is 2. The molecule has 0 unspecified atom stereocenters. The van der Waals surface area contributed by atoms with Gasteiger partial charge in [-0.3, -0.25) is 0 Å². The van der Waals surface area contributed by atoms with E-state index in [-0.39, 0.29) is 0 Å². The number of fused-ring (bicyclic) bond motifs is 1. The van der Waals surface area contributed by atoms with Crippen LogP contribution in [0, 0.1) is 6.92 Å². The fourth-order valence-corrected chi connectivity index (χ4v) is 4.29. The maximum Gasteiger partial charge on any atom is 0.161 e. The number of rotatable bonds is 5. The van der Waals surface area contributed by atoms with E-state index in [2.05, 4.69) is 49.6 Å². The number of aromatic nitrogens is 2. The fourth-order valence-electron chi connectivity index (χ4n) is 2.99. The highest BCUT2D eigenvalue weighted by Gasteiger charge is 2.15. The number of ether oxygens (including phenoxy) is 2. The van der Waals surface area contributed by atoms with E-state index < -0.39 is 0 Å². The molecule has 0 aliphatic heterocycles. The third-order valence-electron chi connectivity index (χ3n) is 4.50. The lowest BCUT2D eigenvalue weighted by Crippen LogP contribution is -1.96. The molecule has 7 heteroatoms. The molecule has 0 aliphatic carbocycles. The van der Waals surface area contributed by atoms with Gasteiger partial charge in [-0.1, -0.05) is 28.1 Å². The first-order valence-corrected chi connectivity index (χ1v) is 10.3. The van der Waals surface area contributed by atoms with E-state index in [0.29, 0.717) is 11.5 Å². The van der Waals surface area contributed by atoms with Crippen LogP contribution in [0.3, 0.4) is 0 Å². The monoisotopic (exact) mass is 455 g/mol. The first kappa shape index (κ1) is 18.7. The summed E-state index contributed by atoms with van der Waals surface area (Å²) in [6, 6.07) is 12.0. The maximum atomic E-state index is 5.46. The molecule has 0 aliphatic rings. The highest BCUT2D eigenvalue weighted by molar-refractivity contribution is 9.10. The first-order valence-electron chi connectivity index (χ1n) is 8.58. The van der Waals surface area contributed by atoms with E-state index in [9.17, 15) is 0 Å². The van der Waals surface area contributed by atoms with E-state index in [0.717, 1.165) is 37.3 Å². The van der Waals surface area contributed by atoms with Crippen LogP contribution in [-0.4, -0.2) is 24.2 Å². The number of aryl methyl sites for hydroxylation is 1. The van der Waals surface area contributed by atoms with Gasteiger partial charge in [-0.25, -0.2) is 9.97 Å². The number of benzene rings is 2. The van der Waals surface area contributed by atoms with Crippen molar-refractivity contribution in [2.45, 2.75) is 6.92 Å². The number of thiophene rings is 1. The van der Waals surface area contributed by atoms with Gasteiger partial charge < -0.3 is 14.8 Å². The van der Waals surface area contributed by atoms with Crippen molar-refractivity contribution in [3.05, 3.63) is 58.1 Å². The molecule has 0 saturated heterocycles. The van der Waals surface area contributed by atoms with E-state index in [1.807, 2.05) is 30.3 Å². The van der Waals surface area contributed by atoms with Gasteiger partial charge in [0.2, 0.25) is 0 Å². The average Bonchev–Trinajstić information content (AvgIpc) is 3.15. The Morgan fingerprint density at radius 3 is 2.57 bits per heavy atom. The Labute approximate surface area is 175 Å². The summed E-state index contributed by atoms with van der Waals surface area (Å²) in [5, 5.41) is 6.51. The summed E-state index contributed by atoms with van der Waals surface area (Å²) in [6.07, 6.45) is 1.59. The molecule has 4 rings (SSSR count). The van der Waals surface area contributed by atoms with E-state index >= 15 is 0 Å². The quantitative estimate of drug-likeness (QED) is 0.388. The van der Waals surface area contributed by atoms with Crippen LogP contribution in [0.5, 0.6) is 11.5 Å². The summed E-state index contributed by atoms with van der Waals surface area (Å²) < 4.78 is 11.9. The lowest BCUT2D eigenvalue weighted by molar-refractivity contribution is 0.355. The largest absolute Gasteiger partial charge is 0.493 e. The fraction of sp³-hybridized carbons (Fsp3) is 0.143. The molecule has 1 N–H and O–H groups in total. The molecule has 0 amide bonds. The Hall–Kier alpha value is -2.64. The zero-order valence-corrected chi connectivity index (χ0v) is 18.0. The molecule has 0 radical (unpaired) electrons. The number of hydrogen-bond donors (Lipinski definition) is 1. The third-order valence-corrected chi connectivity index (χ3v) is 6.24. The molecular weight excluding hydrogens is 438 g/mol. The SMILES string of the molecule is COc1ccc(-c2csc3ncnc(Nc4ccc(C)c(Br)c4)c23)cc1OC. The second kappa shape index (κ2) is 7.77. The summed E-state index contributed by atoms with van der Waals surface area (Å²) >= 11 is 5.18. The molecule has 0 fully saturated rings. The number of halogens is 1. The second-order valence-corrected chi connectivity index (χ2v) is 7.92. The van der Waals surface area contributed by atoms with Gasteiger partial charge in [0, 0.05) is 21.1 Å². The Morgan fingerprint density at radius 2 is 1.82 bits per heavy atom. The number of hydrogen-bond acceptors (Lipinski definition) is 6. The number of nitrogens with one attached hydrogen (secondary N) is 1. The Balaban J connectivity index is 1.82. The zero-order chi connectivity index (χ0) is 19.7. The van der Waals surface area contributed by atoms with Gasteiger partial charge >= 0.3 is 0 Å². The van der Waals surface area contributed by atoms with Crippen LogP contribution in [0.1, 0.15) is 5.56 Å². The number of nitrogens with zero attached hydrogens (tertiary/aromatic N) is 2. The van der Waals surface area contributed by atoms with Gasteiger partial charge in [-0.15, -0.1) is 11.3 Å². The molecule has 2 aromatic heterocycles. The summed E-state index contributed by atoms with van der Waals surface area (Å²) in [5.41, 5.74) is 4.21. The van der Waals surface area contributed by atoms with E-state index in [1.54, 1.807) is 31.9 Å². The molecule has 0 atom stereocenters. The topological polar surface area (TPSA) is 56.3 Å². The molecular formula is C21H18BrN3O2S. The molecule has 142 valence electrons. The molecule has 4 aromatic rings. The van der Waals surface area contributed by atoms with E-state index in [1.165, 1.54) is 5.56 Å². The van der Waals surface area contributed by atoms with Gasteiger partial charge in [-0.2, -0.15) is 0 Å². The minimum absolute atomic E-state index is 0.688. The highest BCUT2D eigenvalue weighted by Crippen LogP contribution is 2.40. The highest BCUT2D eigenvalue weighted by atomic mass is 79.9. The first-order chi connectivity index (χ1) is 13.6. The third kappa shape index (κ3) is 3.43. The predicted octanol–water partition coefficient (Wildman–Crippen LogP) is 6.19. The van der Waals surface area contributed by atoms with Crippen LogP contribution < -0.4 is 14.8 Å². The van der Waals surface area contributed by atoms with Crippen molar-refractivity contribution in [2.24, 2.45) is 0 Å². The van der Waals surface area contributed by atoms with Crippen LogP contribution in [0.15, 0.2) is 52.6 Å².